The topological polar surface area (TPSA) is 15.3 Å². The van der Waals surface area contributed by atoms with Crippen molar-refractivity contribution in [3.8, 4) is 0 Å². The van der Waals surface area contributed by atoms with E-state index in [9.17, 15) is 0 Å². The Morgan fingerprint density at radius 1 is 1.38 bits per heavy atom. The first-order chi connectivity index (χ1) is 6.36. The summed E-state index contributed by atoms with van der Waals surface area (Å²) in [7, 11) is 0. The first-order valence-electron chi connectivity index (χ1n) is 5.81. The number of nitrogens with zero attached hydrogens (tertiary/aromatic N) is 1. The highest BCUT2D eigenvalue weighted by Gasteiger charge is 2.21. The van der Waals surface area contributed by atoms with Gasteiger partial charge in [0.15, 0.2) is 0 Å². The van der Waals surface area contributed by atoms with Gasteiger partial charge in [0.05, 0.1) is 0 Å². The van der Waals surface area contributed by atoms with Crippen LogP contribution in [0, 0.1) is 5.92 Å². The van der Waals surface area contributed by atoms with E-state index in [0.717, 1.165) is 12.0 Å². The zero-order valence-electron chi connectivity index (χ0n) is 8.76. The summed E-state index contributed by atoms with van der Waals surface area (Å²) in [5.74, 6) is 1.07. The second kappa shape index (κ2) is 4.43. The molecule has 1 aliphatic heterocycles. The zero-order chi connectivity index (χ0) is 9.10. The Kier molecular flexibility index (Phi) is 3.23. The Morgan fingerprint density at radius 3 is 2.85 bits per heavy atom. The van der Waals surface area contributed by atoms with Gasteiger partial charge in [0.1, 0.15) is 0 Å². The van der Waals surface area contributed by atoms with Gasteiger partial charge in [-0.3, -0.25) is 4.90 Å². The highest BCUT2D eigenvalue weighted by atomic mass is 15.2. The predicted molar refractivity (Wildman–Crippen MR) is 55.9 cm³/mol. The fourth-order valence-corrected chi connectivity index (χ4v) is 2.35. The molecule has 1 N–H and O–H groups in total. The van der Waals surface area contributed by atoms with Crippen LogP contribution in [-0.2, 0) is 0 Å². The lowest BCUT2D eigenvalue weighted by atomic mass is 9.83. The van der Waals surface area contributed by atoms with Crippen LogP contribution in [0.2, 0.25) is 0 Å². The van der Waals surface area contributed by atoms with Crippen LogP contribution < -0.4 is 5.32 Å². The van der Waals surface area contributed by atoms with E-state index in [0.29, 0.717) is 0 Å². The average molecular weight is 182 g/mol. The van der Waals surface area contributed by atoms with Gasteiger partial charge in [0, 0.05) is 25.7 Å². The molecule has 0 aromatic carbocycles. The second-order valence-corrected chi connectivity index (χ2v) is 4.67. The molecule has 1 heterocycles. The summed E-state index contributed by atoms with van der Waals surface area (Å²) in [4.78, 5) is 2.65. The molecule has 0 unspecified atom stereocenters. The molecule has 76 valence electrons. The van der Waals surface area contributed by atoms with Gasteiger partial charge in [-0.15, -0.1) is 0 Å². The molecule has 2 heteroatoms. The average Bonchev–Trinajstić information content (AvgIpc) is 2.05. The minimum Gasteiger partial charge on any atom is -0.314 e. The minimum atomic E-state index is 0.758. The molecule has 13 heavy (non-hydrogen) atoms. The Balaban J connectivity index is 1.66. The van der Waals surface area contributed by atoms with Gasteiger partial charge in [0.25, 0.3) is 0 Å². The summed E-state index contributed by atoms with van der Waals surface area (Å²) in [6.45, 7) is 7.31. The Labute approximate surface area is 81.7 Å². The lowest BCUT2D eigenvalue weighted by Gasteiger charge is -2.36. The van der Waals surface area contributed by atoms with Crippen LogP contribution in [0.15, 0.2) is 0 Å². The van der Waals surface area contributed by atoms with Crippen molar-refractivity contribution in [1.29, 1.82) is 0 Å². The molecule has 2 nitrogen and oxygen atoms in total. The largest absolute Gasteiger partial charge is 0.314 e. The van der Waals surface area contributed by atoms with Crippen LogP contribution in [0.4, 0.5) is 0 Å². The maximum atomic E-state index is 3.44. The monoisotopic (exact) mass is 182 g/mol. The number of rotatable bonds is 3. The van der Waals surface area contributed by atoms with Gasteiger partial charge in [-0.1, -0.05) is 19.3 Å². The SMILES string of the molecule is C[C@@H]1CNCCN1CCC1CCC1. The van der Waals surface area contributed by atoms with Crippen molar-refractivity contribution in [3.05, 3.63) is 0 Å². The van der Waals surface area contributed by atoms with Crippen LogP contribution in [0.5, 0.6) is 0 Å². The molecule has 0 radical (unpaired) electrons. The lowest BCUT2D eigenvalue weighted by Crippen LogP contribution is -2.50. The first kappa shape index (κ1) is 9.47. The third-order valence-electron chi connectivity index (χ3n) is 3.69. The molecule has 2 fully saturated rings. The van der Waals surface area contributed by atoms with Crippen molar-refractivity contribution < 1.29 is 0 Å². The Bertz CT molecular complexity index is 154. The van der Waals surface area contributed by atoms with E-state index in [-0.39, 0.29) is 0 Å². The predicted octanol–water partition coefficient (Wildman–Crippen LogP) is 1.47. The van der Waals surface area contributed by atoms with Crippen molar-refractivity contribution in [2.24, 2.45) is 5.92 Å². The second-order valence-electron chi connectivity index (χ2n) is 4.67. The lowest BCUT2D eigenvalue weighted by molar-refractivity contribution is 0.148. The number of piperazine rings is 1. The zero-order valence-corrected chi connectivity index (χ0v) is 8.76. The summed E-state index contributed by atoms with van der Waals surface area (Å²) < 4.78 is 0. The first-order valence-corrected chi connectivity index (χ1v) is 5.81. The molecule has 2 rings (SSSR count). The van der Waals surface area contributed by atoms with Gasteiger partial charge in [0.2, 0.25) is 0 Å². The van der Waals surface area contributed by atoms with Gasteiger partial charge in [-0.25, -0.2) is 0 Å². The molecule has 0 amide bonds. The number of nitrogens with one attached hydrogen (secondary N) is 1. The molecule has 1 saturated carbocycles. The molecule has 0 bridgehead atoms. The fourth-order valence-electron chi connectivity index (χ4n) is 2.35. The van der Waals surface area contributed by atoms with Crippen molar-refractivity contribution in [3.63, 3.8) is 0 Å². The van der Waals surface area contributed by atoms with Crippen molar-refractivity contribution in [2.45, 2.75) is 38.6 Å². The van der Waals surface area contributed by atoms with E-state index in [2.05, 4.69) is 17.1 Å². The van der Waals surface area contributed by atoms with E-state index in [1.165, 1.54) is 51.9 Å². The molecule has 2 aliphatic rings. The summed E-state index contributed by atoms with van der Waals surface area (Å²) in [6.07, 6.45) is 5.94. The summed E-state index contributed by atoms with van der Waals surface area (Å²) in [5, 5.41) is 3.44. The molecule has 1 atom stereocenters. The van der Waals surface area contributed by atoms with Crippen molar-refractivity contribution in [2.75, 3.05) is 26.2 Å². The molecular formula is C11H22N2. The van der Waals surface area contributed by atoms with Gasteiger partial charge in [-0.2, -0.15) is 0 Å². The van der Waals surface area contributed by atoms with Gasteiger partial charge < -0.3 is 5.32 Å². The highest BCUT2D eigenvalue weighted by Crippen LogP contribution is 2.29. The molecule has 1 saturated heterocycles. The highest BCUT2D eigenvalue weighted by molar-refractivity contribution is 4.78. The van der Waals surface area contributed by atoms with E-state index in [1.54, 1.807) is 0 Å². The third kappa shape index (κ3) is 2.44. The Morgan fingerprint density at radius 2 is 2.23 bits per heavy atom. The quantitative estimate of drug-likeness (QED) is 0.711. The van der Waals surface area contributed by atoms with Gasteiger partial charge in [-0.05, 0) is 25.8 Å². The summed E-state index contributed by atoms with van der Waals surface area (Å²) >= 11 is 0. The van der Waals surface area contributed by atoms with Crippen LogP contribution in [0.1, 0.15) is 32.6 Å². The maximum absolute atomic E-state index is 3.44. The van der Waals surface area contributed by atoms with Gasteiger partial charge >= 0.3 is 0 Å². The smallest absolute Gasteiger partial charge is 0.0192 e. The number of hydrogen-bond acceptors (Lipinski definition) is 2. The van der Waals surface area contributed by atoms with Crippen LogP contribution in [-0.4, -0.2) is 37.1 Å². The van der Waals surface area contributed by atoms with Crippen molar-refractivity contribution >= 4 is 0 Å². The summed E-state index contributed by atoms with van der Waals surface area (Å²) in [5.41, 5.74) is 0. The Hall–Kier alpha value is -0.0800. The van der Waals surface area contributed by atoms with Crippen LogP contribution >= 0.6 is 0 Å². The number of hydrogen-bond donors (Lipinski definition) is 1. The fraction of sp³-hybridized carbons (Fsp3) is 1.00. The third-order valence-corrected chi connectivity index (χ3v) is 3.69. The van der Waals surface area contributed by atoms with Crippen LogP contribution in [0.3, 0.4) is 0 Å². The summed E-state index contributed by atoms with van der Waals surface area (Å²) in [6, 6.07) is 0.758. The maximum Gasteiger partial charge on any atom is 0.0192 e. The standard InChI is InChI=1S/C11H22N2/c1-10-9-12-6-8-13(10)7-5-11-3-2-4-11/h10-12H,2-9H2,1H3/t10-/m1/s1. The van der Waals surface area contributed by atoms with E-state index in [1.807, 2.05) is 0 Å². The van der Waals surface area contributed by atoms with E-state index in [4.69, 9.17) is 0 Å². The molecule has 0 aromatic rings. The molecule has 0 aromatic heterocycles. The van der Waals surface area contributed by atoms with Crippen LogP contribution in [0.25, 0.3) is 0 Å². The molecule has 0 spiro atoms. The molecular weight excluding hydrogens is 160 g/mol. The normalized spacial score (nSPS) is 31.6. The van der Waals surface area contributed by atoms with E-state index >= 15 is 0 Å². The van der Waals surface area contributed by atoms with E-state index < -0.39 is 0 Å². The molecule has 1 aliphatic carbocycles. The minimum absolute atomic E-state index is 0.758. The van der Waals surface area contributed by atoms with Crippen molar-refractivity contribution in [1.82, 2.24) is 10.2 Å².